The zero-order valence-corrected chi connectivity index (χ0v) is 11.8. The molecular weight excluding hydrogens is 287 g/mol. The molecule has 1 aliphatic heterocycles. The van der Waals surface area contributed by atoms with Gasteiger partial charge >= 0.3 is 5.91 Å². The number of benzene rings is 1. The number of Topliss-reactive ketones (excluding diaryl/α,β-unsaturated/α-hetero) is 1. The molecule has 4 nitrogen and oxygen atoms in total. The predicted octanol–water partition coefficient (Wildman–Crippen LogP) is 1.95. The maximum absolute atomic E-state index is 12.0. The Bertz CT molecular complexity index is 487. The second-order valence-electron chi connectivity index (χ2n) is 4.22. The van der Waals surface area contributed by atoms with Crippen LogP contribution in [0.25, 0.3) is 0 Å². The maximum Gasteiger partial charge on any atom is 0.300 e. The summed E-state index contributed by atoms with van der Waals surface area (Å²) in [4.78, 5) is 27.3. The number of carbonyl (C=O) groups excluding carboxylic acids is 2. The standard InChI is InChI=1S/C13H14Cl2N2O2/c14-5-7-16(8-6-15)9-17-11-4-2-1-3-10(11)12(18)13(17)19/h1-4H,5-9H2. The molecule has 19 heavy (non-hydrogen) atoms. The Morgan fingerprint density at radius 2 is 1.68 bits per heavy atom. The largest absolute Gasteiger partial charge is 0.300 e. The molecule has 1 amide bonds. The van der Waals surface area contributed by atoms with E-state index in [1.807, 2.05) is 11.0 Å². The smallest absolute Gasteiger partial charge is 0.291 e. The Balaban J connectivity index is 2.20. The fourth-order valence-corrected chi connectivity index (χ4v) is 2.56. The van der Waals surface area contributed by atoms with Gasteiger partial charge in [-0.05, 0) is 12.1 Å². The highest BCUT2D eigenvalue weighted by atomic mass is 35.5. The second-order valence-corrected chi connectivity index (χ2v) is 4.97. The summed E-state index contributed by atoms with van der Waals surface area (Å²) in [6.07, 6.45) is 0. The number of para-hydroxylation sites is 1. The third-order valence-electron chi connectivity index (χ3n) is 3.02. The van der Waals surface area contributed by atoms with Gasteiger partial charge in [-0.25, -0.2) is 0 Å². The van der Waals surface area contributed by atoms with Crippen LogP contribution in [0.2, 0.25) is 0 Å². The number of fused-ring (bicyclic) bond motifs is 1. The summed E-state index contributed by atoms with van der Waals surface area (Å²) in [7, 11) is 0. The van der Waals surface area contributed by atoms with Crippen molar-refractivity contribution in [3.05, 3.63) is 29.8 Å². The molecule has 0 N–H and O–H groups in total. The summed E-state index contributed by atoms with van der Waals surface area (Å²) < 4.78 is 0. The number of rotatable bonds is 6. The van der Waals surface area contributed by atoms with Crippen molar-refractivity contribution in [1.29, 1.82) is 0 Å². The lowest BCUT2D eigenvalue weighted by Crippen LogP contribution is -2.42. The van der Waals surface area contributed by atoms with Gasteiger partial charge in [-0.1, -0.05) is 12.1 Å². The highest BCUT2D eigenvalue weighted by Crippen LogP contribution is 2.28. The molecule has 1 aromatic rings. The molecule has 0 aliphatic carbocycles. The first-order valence-corrected chi connectivity index (χ1v) is 7.05. The van der Waals surface area contributed by atoms with E-state index in [0.717, 1.165) is 0 Å². The number of hydrogen-bond donors (Lipinski definition) is 0. The summed E-state index contributed by atoms with van der Waals surface area (Å²) in [6.45, 7) is 1.57. The molecule has 0 fully saturated rings. The van der Waals surface area contributed by atoms with E-state index in [1.54, 1.807) is 18.2 Å². The van der Waals surface area contributed by atoms with Crippen LogP contribution in [-0.4, -0.2) is 48.1 Å². The van der Waals surface area contributed by atoms with Crippen molar-refractivity contribution >= 4 is 40.6 Å². The average Bonchev–Trinajstić information content (AvgIpc) is 2.65. The Morgan fingerprint density at radius 3 is 2.32 bits per heavy atom. The van der Waals surface area contributed by atoms with Crippen molar-refractivity contribution in [3.63, 3.8) is 0 Å². The molecule has 1 aromatic carbocycles. The van der Waals surface area contributed by atoms with Gasteiger partial charge in [0, 0.05) is 24.8 Å². The normalized spacial score (nSPS) is 14.4. The van der Waals surface area contributed by atoms with E-state index in [2.05, 4.69) is 0 Å². The average molecular weight is 301 g/mol. The van der Waals surface area contributed by atoms with Crippen LogP contribution in [0.5, 0.6) is 0 Å². The lowest BCUT2D eigenvalue weighted by Gasteiger charge is -2.26. The van der Waals surface area contributed by atoms with Crippen LogP contribution in [0.4, 0.5) is 5.69 Å². The lowest BCUT2D eigenvalue weighted by atomic mass is 10.1. The quantitative estimate of drug-likeness (QED) is 0.596. The van der Waals surface area contributed by atoms with Gasteiger partial charge < -0.3 is 0 Å². The molecule has 102 valence electrons. The minimum Gasteiger partial charge on any atom is -0.291 e. The minimum absolute atomic E-state index is 0.334. The maximum atomic E-state index is 12.0. The van der Waals surface area contributed by atoms with Crippen molar-refractivity contribution in [3.8, 4) is 0 Å². The van der Waals surface area contributed by atoms with E-state index in [-0.39, 0.29) is 0 Å². The van der Waals surface area contributed by atoms with Gasteiger partial charge in [0.05, 0.1) is 17.9 Å². The van der Waals surface area contributed by atoms with Crippen molar-refractivity contribution in [2.75, 3.05) is 36.4 Å². The molecule has 0 spiro atoms. The number of ketones is 1. The third-order valence-corrected chi connectivity index (χ3v) is 3.36. The molecule has 0 saturated carbocycles. The van der Waals surface area contributed by atoms with E-state index < -0.39 is 11.7 Å². The minimum atomic E-state index is -0.490. The van der Waals surface area contributed by atoms with Crippen LogP contribution in [0.15, 0.2) is 24.3 Å². The Hall–Kier alpha value is -1.10. The van der Waals surface area contributed by atoms with Crippen LogP contribution in [0.3, 0.4) is 0 Å². The molecule has 1 aliphatic rings. The molecule has 0 unspecified atom stereocenters. The van der Waals surface area contributed by atoms with Gasteiger partial charge in [0.25, 0.3) is 5.78 Å². The van der Waals surface area contributed by atoms with Crippen molar-refractivity contribution < 1.29 is 9.59 Å². The predicted molar refractivity (Wildman–Crippen MR) is 76.1 cm³/mol. The Labute approximate surface area is 121 Å². The number of anilines is 1. The van der Waals surface area contributed by atoms with E-state index >= 15 is 0 Å². The zero-order chi connectivity index (χ0) is 13.8. The number of nitrogens with zero attached hydrogens (tertiary/aromatic N) is 2. The summed E-state index contributed by atoms with van der Waals surface area (Å²) in [5.41, 5.74) is 1.12. The van der Waals surface area contributed by atoms with Gasteiger partial charge in [-0.3, -0.25) is 19.4 Å². The van der Waals surface area contributed by atoms with Crippen LogP contribution in [0, 0.1) is 0 Å². The summed E-state index contributed by atoms with van der Waals surface area (Å²) in [6, 6.07) is 7.01. The van der Waals surface area contributed by atoms with Gasteiger partial charge in [0.15, 0.2) is 0 Å². The zero-order valence-electron chi connectivity index (χ0n) is 10.3. The van der Waals surface area contributed by atoms with Crippen molar-refractivity contribution in [1.82, 2.24) is 4.90 Å². The molecule has 0 saturated heterocycles. The van der Waals surface area contributed by atoms with Crippen LogP contribution in [0.1, 0.15) is 10.4 Å². The number of halogens is 2. The first kappa shape index (κ1) is 14.3. The topological polar surface area (TPSA) is 40.6 Å². The Kier molecular flexibility index (Phi) is 4.80. The van der Waals surface area contributed by atoms with Gasteiger partial charge in [-0.2, -0.15) is 0 Å². The molecular formula is C13H14Cl2N2O2. The van der Waals surface area contributed by atoms with E-state index in [4.69, 9.17) is 23.2 Å². The third kappa shape index (κ3) is 2.91. The van der Waals surface area contributed by atoms with Crippen molar-refractivity contribution in [2.24, 2.45) is 0 Å². The monoisotopic (exact) mass is 300 g/mol. The second kappa shape index (κ2) is 6.37. The van der Waals surface area contributed by atoms with Gasteiger partial charge in [0.1, 0.15) is 0 Å². The van der Waals surface area contributed by atoms with Crippen LogP contribution >= 0.6 is 23.2 Å². The number of amides is 1. The fraction of sp³-hybridized carbons (Fsp3) is 0.385. The molecule has 1 heterocycles. The molecule has 2 rings (SSSR count). The molecule has 0 radical (unpaired) electrons. The SMILES string of the molecule is O=C1C(=O)N(CN(CCCl)CCCl)c2ccccc21. The molecule has 6 heteroatoms. The highest BCUT2D eigenvalue weighted by molar-refractivity contribution is 6.52. The number of hydrogen-bond acceptors (Lipinski definition) is 3. The van der Waals surface area contributed by atoms with Crippen molar-refractivity contribution in [2.45, 2.75) is 0 Å². The van der Waals surface area contributed by atoms with Crippen LogP contribution in [-0.2, 0) is 4.79 Å². The molecule has 0 aromatic heterocycles. The summed E-state index contributed by atoms with van der Waals surface area (Å²) in [5.74, 6) is -0.0362. The number of carbonyl (C=O) groups is 2. The first-order chi connectivity index (χ1) is 9.19. The van der Waals surface area contributed by atoms with Crippen LogP contribution < -0.4 is 4.90 Å². The van der Waals surface area contributed by atoms with E-state index in [1.165, 1.54) is 4.90 Å². The van der Waals surface area contributed by atoms with Gasteiger partial charge in [-0.15, -0.1) is 23.2 Å². The van der Waals surface area contributed by atoms with E-state index in [0.29, 0.717) is 42.8 Å². The molecule has 0 atom stereocenters. The summed E-state index contributed by atoms with van der Waals surface area (Å²) in [5, 5.41) is 0. The Morgan fingerprint density at radius 1 is 1.05 bits per heavy atom. The lowest BCUT2D eigenvalue weighted by molar-refractivity contribution is -0.114. The first-order valence-electron chi connectivity index (χ1n) is 5.98. The summed E-state index contributed by atoms with van der Waals surface area (Å²) >= 11 is 11.5. The van der Waals surface area contributed by atoms with Gasteiger partial charge in [0.2, 0.25) is 0 Å². The fourth-order valence-electron chi connectivity index (χ4n) is 2.08. The molecule has 0 bridgehead atoms. The van der Waals surface area contributed by atoms with E-state index in [9.17, 15) is 9.59 Å². The highest BCUT2D eigenvalue weighted by Gasteiger charge is 2.35. The number of alkyl halides is 2.